The smallest absolute Gasteiger partial charge is 0.319 e. The lowest BCUT2D eigenvalue weighted by Gasteiger charge is -2.13. The van der Waals surface area contributed by atoms with Gasteiger partial charge in [-0.1, -0.05) is 36.4 Å². The monoisotopic (exact) mass is 460 g/mol. The summed E-state index contributed by atoms with van der Waals surface area (Å²) in [5.41, 5.74) is 8.21. The Hall–Kier alpha value is -4.11. The Bertz CT molecular complexity index is 1260. The van der Waals surface area contributed by atoms with Gasteiger partial charge in [0.05, 0.1) is 11.8 Å². The minimum atomic E-state index is -0.792. The van der Waals surface area contributed by atoms with Crippen molar-refractivity contribution in [1.82, 2.24) is 19.4 Å². The number of urea groups is 1. The van der Waals surface area contributed by atoms with Crippen LogP contribution in [0.15, 0.2) is 73.3 Å². The normalized spacial score (nSPS) is 11.9. The van der Waals surface area contributed by atoms with E-state index in [4.69, 9.17) is 5.73 Å². The van der Waals surface area contributed by atoms with E-state index in [1.165, 1.54) is 22.7 Å². The molecule has 34 heavy (non-hydrogen) atoms. The Balaban J connectivity index is 1.30. The minimum Gasteiger partial charge on any atom is -0.373 e. The molecular formula is C25H28N6O3. The topological polar surface area (TPSA) is 127 Å². The van der Waals surface area contributed by atoms with Gasteiger partial charge in [-0.3, -0.25) is 4.79 Å². The number of fused-ring (bicyclic) bond motifs is 1. The zero-order chi connectivity index (χ0) is 23.9. The second-order valence-corrected chi connectivity index (χ2v) is 8.09. The molecule has 0 aliphatic rings. The Morgan fingerprint density at radius 3 is 2.71 bits per heavy atom. The number of amides is 3. The van der Waals surface area contributed by atoms with Gasteiger partial charge in [-0.2, -0.15) is 0 Å². The molecule has 9 heteroatoms. The molecule has 0 aliphatic heterocycles. The lowest BCUT2D eigenvalue weighted by atomic mass is 10.1. The number of primary amides is 1. The molecule has 0 saturated carbocycles. The number of nitrogens with one attached hydrogen (secondary N) is 2. The molecule has 2 aromatic heterocycles. The van der Waals surface area contributed by atoms with E-state index in [0.717, 1.165) is 17.3 Å². The van der Waals surface area contributed by atoms with Crippen LogP contribution in [-0.2, 0) is 13.0 Å². The number of aromatic nitrogens is 3. The number of imidazole rings is 1. The number of hydrogen-bond acceptors (Lipinski definition) is 4. The highest BCUT2D eigenvalue weighted by Gasteiger charge is 2.11. The molecule has 1 atom stereocenters. The number of carbonyl (C=O) groups is 2. The molecule has 0 fully saturated rings. The standard InChI is InChI=1S/C25H28N6O3/c26-24(33)21-16-31(17-28-21)23(32)7-4-13-30-14-11-19-8-9-20(15-22(19)30)29-25(34)27-12-10-18-5-2-1-3-6-18/h1-3,5-6,8-9,11,14-17,23,32H,4,7,10,12-13H2,(H2,26,33)(H2,27,29,34). The van der Waals surface area contributed by atoms with Gasteiger partial charge in [0.25, 0.3) is 5.91 Å². The zero-order valence-corrected chi connectivity index (χ0v) is 18.7. The molecule has 1 unspecified atom stereocenters. The van der Waals surface area contributed by atoms with E-state index in [9.17, 15) is 14.7 Å². The van der Waals surface area contributed by atoms with Gasteiger partial charge in [0, 0.05) is 31.2 Å². The summed E-state index contributed by atoms with van der Waals surface area (Å²) < 4.78 is 3.57. The predicted octanol–water partition coefficient (Wildman–Crippen LogP) is 3.27. The van der Waals surface area contributed by atoms with Crippen molar-refractivity contribution < 1.29 is 14.7 Å². The number of nitrogens with two attached hydrogens (primary N) is 1. The second-order valence-electron chi connectivity index (χ2n) is 8.09. The quantitative estimate of drug-likeness (QED) is 0.290. The van der Waals surface area contributed by atoms with Crippen LogP contribution in [-0.4, -0.2) is 37.7 Å². The van der Waals surface area contributed by atoms with Crippen molar-refractivity contribution in [3.63, 3.8) is 0 Å². The van der Waals surface area contributed by atoms with Gasteiger partial charge in [0.15, 0.2) is 0 Å². The van der Waals surface area contributed by atoms with E-state index in [0.29, 0.717) is 31.6 Å². The first kappa shape index (κ1) is 23.1. The van der Waals surface area contributed by atoms with Gasteiger partial charge in [-0.25, -0.2) is 9.78 Å². The summed E-state index contributed by atoms with van der Waals surface area (Å²) >= 11 is 0. The largest absolute Gasteiger partial charge is 0.373 e. The number of aliphatic hydroxyl groups excluding tert-OH is 1. The first-order valence-electron chi connectivity index (χ1n) is 11.2. The van der Waals surface area contributed by atoms with Gasteiger partial charge in [-0.05, 0) is 48.4 Å². The molecule has 9 nitrogen and oxygen atoms in total. The fourth-order valence-electron chi connectivity index (χ4n) is 3.82. The number of rotatable bonds is 10. The van der Waals surface area contributed by atoms with Crippen molar-refractivity contribution in [3.05, 3.63) is 84.6 Å². The maximum absolute atomic E-state index is 12.3. The summed E-state index contributed by atoms with van der Waals surface area (Å²) in [6.45, 7) is 1.24. The van der Waals surface area contributed by atoms with Crippen molar-refractivity contribution in [3.8, 4) is 0 Å². The van der Waals surface area contributed by atoms with E-state index in [1.54, 1.807) is 0 Å². The van der Waals surface area contributed by atoms with Gasteiger partial charge in [-0.15, -0.1) is 0 Å². The Morgan fingerprint density at radius 1 is 1.12 bits per heavy atom. The summed E-state index contributed by atoms with van der Waals surface area (Å²) in [6, 6.07) is 17.6. The van der Waals surface area contributed by atoms with Gasteiger partial charge >= 0.3 is 6.03 Å². The molecule has 4 aromatic rings. The van der Waals surface area contributed by atoms with Crippen LogP contribution < -0.4 is 16.4 Å². The highest BCUT2D eigenvalue weighted by Crippen LogP contribution is 2.22. The summed E-state index contributed by atoms with van der Waals surface area (Å²) in [7, 11) is 0. The zero-order valence-electron chi connectivity index (χ0n) is 18.7. The third-order valence-corrected chi connectivity index (χ3v) is 5.63. The van der Waals surface area contributed by atoms with E-state index in [-0.39, 0.29) is 11.7 Å². The lowest BCUT2D eigenvalue weighted by Crippen LogP contribution is -2.30. The fraction of sp³-hybridized carbons (Fsp3) is 0.240. The van der Waals surface area contributed by atoms with Crippen LogP contribution in [0.4, 0.5) is 10.5 Å². The number of hydrogen-bond donors (Lipinski definition) is 4. The van der Waals surface area contributed by atoms with Crippen molar-refractivity contribution in [2.75, 3.05) is 11.9 Å². The molecule has 0 saturated heterocycles. The number of anilines is 1. The van der Waals surface area contributed by atoms with Crippen molar-refractivity contribution in [2.24, 2.45) is 5.73 Å². The molecule has 2 aromatic carbocycles. The molecule has 0 bridgehead atoms. The van der Waals surface area contributed by atoms with E-state index in [1.807, 2.05) is 60.8 Å². The Labute approximate surface area is 197 Å². The Morgan fingerprint density at radius 2 is 1.94 bits per heavy atom. The van der Waals surface area contributed by atoms with Crippen LogP contribution in [0, 0.1) is 0 Å². The first-order chi connectivity index (χ1) is 16.5. The third-order valence-electron chi connectivity index (χ3n) is 5.63. The highest BCUT2D eigenvalue weighted by molar-refractivity contribution is 5.93. The minimum absolute atomic E-state index is 0.125. The Kier molecular flexibility index (Phi) is 7.24. The van der Waals surface area contributed by atoms with E-state index in [2.05, 4.69) is 20.2 Å². The van der Waals surface area contributed by atoms with Crippen molar-refractivity contribution in [1.29, 1.82) is 0 Å². The molecule has 0 spiro atoms. The van der Waals surface area contributed by atoms with Crippen molar-refractivity contribution in [2.45, 2.75) is 32.0 Å². The number of nitrogens with zero attached hydrogens (tertiary/aromatic N) is 3. The average Bonchev–Trinajstić information content (AvgIpc) is 3.48. The average molecular weight is 461 g/mol. The lowest BCUT2D eigenvalue weighted by molar-refractivity contribution is 0.0905. The molecule has 5 N–H and O–H groups in total. The van der Waals surface area contributed by atoms with Crippen LogP contribution in [0.3, 0.4) is 0 Å². The molecule has 3 amide bonds. The number of aliphatic hydroxyl groups is 1. The van der Waals surface area contributed by atoms with Crippen LogP contribution in [0.25, 0.3) is 10.9 Å². The molecule has 0 aliphatic carbocycles. The molecular weight excluding hydrogens is 432 g/mol. The molecule has 4 rings (SSSR count). The predicted molar refractivity (Wildman–Crippen MR) is 130 cm³/mol. The van der Waals surface area contributed by atoms with Crippen molar-refractivity contribution >= 4 is 28.5 Å². The fourth-order valence-corrected chi connectivity index (χ4v) is 3.82. The van der Waals surface area contributed by atoms with Crippen LogP contribution >= 0.6 is 0 Å². The third kappa shape index (κ3) is 5.81. The maximum Gasteiger partial charge on any atom is 0.319 e. The highest BCUT2D eigenvalue weighted by atomic mass is 16.3. The van der Waals surface area contributed by atoms with Gasteiger partial charge < -0.3 is 30.6 Å². The summed E-state index contributed by atoms with van der Waals surface area (Å²) in [4.78, 5) is 27.3. The summed E-state index contributed by atoms with van der Waals surface area (Å²) in [6.07, 6.45) is 6.00. The number of carbonyl (C=O) groups excluding carboxylic acids is 2. The van der Waals surface area contributed by atoms with Crippen LogP contribution in [0.5, 0.6) is 0 Å². The second kappa shape index (κ2) is 10.7. The SMILES string of the molecule is NC(=O)c1cn(C(O)CCCn2ccc3ccc(NC(=O)NCCc4ccccc4)cc32)cn1. The maximum atomic E-state index is 12.3. The van der Waals surface area contributed by atoms with Gasteiger partial charge in [0.2, 0.25) is 0 Å². The summed E-state index contributed by atoms with van der Waals surface area (Å²) in [5.74, 6) is -0.626. The van der Waals surface area contributed by atoms with Crippen LogP contribution in [0.2, 0.25) is 0 Å². The number of benzene rings is 2. The number of aryl methyl sites for hydroxylation is 1. The van der Waals surface area contributed by atoms with Crippen LogP contribution in [0.1, 0.15) is 35.1 Å². The van der Waals surface area contributed by atoms with E-state index >= 15 is 0 Å². The first-order valence-corrected chi connectivity index (χ1v) is 11.2. The van der Waals surface area contributed by atoms with E-state index < -0.39 is 12.1 Å². The molecule has 176 valence electrons. The van der Waals surface area contributed by atoms with Gasteiger partial charge in [0.1, 0.15) is 11.9 Å². The molecule has 0 radical (unpaired) electrons. The molecule has 2 heterocycles. The summed E-state index contributed by atoms with van der Waals surface area (Å²) in [5, 5.41) is 17.2.